The number of rotatable bonds is 4. The van der Waals surface area contributed by atoms with E-state index in [0.717, 1.165) is 18.7 Å². The topological polar surface area (TPSA) is 98.8 Å². The van der Waals surface area contributed by atoms with Gasteiger partial charge in [-0.25, -0.2) is 18.6 Å². The Hall–Kier alpha value is -3.37. The Morgan fingerprint density at radius 3 is 2.94 bits per heavy atom. The highest BCUT2D eigenvalue weighted by Crippen LogP contribution is 2.41. The fraction of sp³-hybridized carbons (Fsp3) is 0.450. The normalized spacial score (nSPS) is 27.4. The number of hydrogen-bond donors (Lipinski definition) is 3. The van der Waals surface area contributed by atoms with E-state index >= 15 is 0 Å². The third-order valence-electron chi connectivity index (χ3n) is 5.94. The number of anilines is 1. The highest BCUT2D eigenvalue weighted by molar-refractivity contribution is 5.91. The molecule has 1 aromatic rings. The Morgan fingerprint density at radius 2 is 2.19 bits per heavy atom. The summed E-state index contributed by atoms with van der Waals surface area (Å²) in [7, 11) is 1.52. The molecule has 1 aliphatic carbocycles. The molecule has 3 atom stereocenters. The van der Waals surface area contributed by atoms with Gasteiger partial charge in [0.25, 0.3) is 5.92 Å². The van der Waals surface area contributed by atoms with E-state index in [1.807, 2.05) is 0 Å². The number of urea groups is 1. The second-order valence-corrected chi connectivity index (χ2v) is 8.01. The van der Waals surface area contributed by atoms with Crippen molar-refractivity contribution in [2.24, 2.45) is 0 Å². The summed E-state index contributed by atoms with van der Waals surface area (Å²) in [6, 6.07) is 0.828. The van der Waals surface area contributed by atoms with E-state index in [0.29, 0.717) is 23.9 Å². The van der Waals surface area contributed by atoms with E-state index in [2.05, 4.69) is 25.8 Å². The molecule has 1 aromatic heterocycles. The van der Waals surface area contributed by atoms with Gasteiger partial charge in [0.2, 0.25) is 5.91 Å². The number of methoxy groups -OCH3 is 1. The highest BCUT2D eigenvalue weighted by atomic mass is 19.3. The summed E-state index contributed by atoms with van der Waals surface area (Å²) in [4.78, 5) is 33.5. The molecule has 2 fully saturated rings. The number of carbonyl (C=O) groups excluding carboxylic acids is 2. The molecule has 31 heavy (non-hydrogen) atoms. The van der Waals surface area contributed by atoms with Crippen LogP contribution in [0.1, 0.15) is 12.8 Å². The number of pyridine rings is 1. The summed E-state index contributed by atoms with van der Waals surface area (Å²) in [5.41, 5.74) is 0.795. The van der Waals surface area contributed by atoms with Crippen molar-refractivity contribution in [3.05, 3.63) is 42.0 Å². The maximum Gasteiger partial charge on any atom is 0.328 e. The molecular weight excluding hydrogens is 410 g/mol. The van der Waals surface area contributed by atoms with Crippen molar-refractivity contribution in [3.63, 3.8) is 0 Å². The van der Waals surface area contributed by atoms with Crippen LogP contribution in [0.5, 0.6) is 5.75 Å². The molecule has 0 spiro atoms. The van der Waals surface area contributed by atoms with Crippen LogP contribution in [-0.4, -0.2) is 71.0 Å². The largest absolute Gasteiger partial charge is 0.497 e. The molecule has 4 heterocycles. The van der Waals surface area contributed by atoms with Gasteiger partial charge in [-0.2, -0.15) is 0 Å². The molecule has 1 saturated heterocycles. The summed E-state index contributed by atoms with van der Waals surface area (Å²) in [5, 5.41) is 8.21. The Morgan fingerprint density at radius 1 is 1.39 bits per heavy atom. The minimum atomic E-state index is -2.84. The third-order valence-corrected chi connectivity index (χ3v) is 5.94. The van der Waals surface area contributed by atoms with E-state index < -0.39 is 29.9 Å². The number of dihydropyridines is 1. The standard InChI is InChI=1S/C20H22F2N6O3/c1-31-12-4-6-23-16(8-12)26-19(30)28-11-5-7-27(10-11)14-3-2-13(24-17(14)28)18(29)25-15-9-20(15,21)22/h2-4,6,8,11,13,15,24H,5,7,9-10H2,1H3,(H,25,29)(H,23,26,30)/t11-,13?,15?/m0/s1. The van der Waals surface area contributed by atoms with Gasteiger partial charge in [0.05, 0.1) is 24.9 Å². The van der Waals surface area contributed by atoms with E-state index in [1.165, 1.54) is 13.3 Å². The highest BCUT2D eigenvalue weighted by Gasteiger charge is 2.58. The average Bonchev–Trinajstić information content (AvgIpc) is 3.15. The molecular formula is C20H22F2N6O3. The Balaban J connectivity index is 1.35. The first-order chi connectivity index (χ1) is 14.9. The first kappa shape index (κ1) is 19.6. The number of alkyl halides is 2. The Labute approximate surface area is 177 Å². The van der Waals surface area contributed by atoms with Crippen LogP contribution in [0.2, 0.25) is 0 Å². The summed E-state index contributed by atoms with van der Waals surface area (Å²) < 4.78 is 31.5. The number of hydrogen-bond acceptors (Lipinski definition) is 6. The third kappa shape index (κ3) is 3.53. The molecule has 3 amide bonds. The maximum atomic E-state index is 13.2. The zero-order valence-corrected chi connectivity index (χ0v) is 16.8. The van der Waals surface area contributed by atoms with E-state index in [4.69, 9.17) is 4.74 Å². The molecule has 1 saturated carbocycles. The first-order valence-corrected chi connectivity index (χ1v) is 10.1. The minimum absolute atomic E-state index is 0.0835. The van der Waals surface area contributed by atoms with Gasteiger partial charge in [-0.3, -0.25) is 15.0 Å². The zero-order valence-electron chi connectivity index (χ0n) is 16.8. The average molecular weight is 432 g/mol. The number of halogens is 2. The van der Waals surface area contributed by atoms with E-state index in [1.54, 1.807) is 29.2 Å². The van der Waals surface area contributed by atoms with Crippen molar-refractivity contribution in [1.82, 2.24) is 25.4 Å². The van der Waals surface area contributed by atoms with Gasteiger partial charge in [0.1, 0.15) is 23.4 Å². The molecule has 2 unspecified atom stereocenters. The molecule has 164 valence electrons. The van der Waals surface area contributed by atoms with Crippen LogP contribution in [0, 0.1) is 0 Å². The summed E-state index contributed by atoms with van der Waals surface area (Å²) >= 11 is 0. The van der Waals surface area contributed by atoms with Crippen LogP contribution in [0.3, 0.4) is 0 Å². The van der Waals surface area contributed by atoms with Gasteiger partial charge in [-0.05, 0) is 18.6 Å². The molecule has 9 nitrogen and oxygen atoms in total. The van der Waals surface area contributed by atoms with Crippen molar-refractivity contribution in [2.45, 2.75) is 36.9 Å². The maximum absolute atomic E-state index is 13.2. The lowest BCUT2D eigenvalue weighted by Gasteiger charge is -2.40. The monoisotopic (exact) mass is 432 g/mol. The van der Waals surface area contributed by atoms with Gasteiger partial charge in [-0.15, -0.1) is 0 Å². The second kappa shape index (κ2) is 7.10. The van der Waals surface area contributed by atoms with Gasteiger partial charge < -0.3 is 20.3 Å². The number of nitrogens with zero attached hydrogens (tertiary/aromatic N) is 3. The van der Waals surface area contributed by atoms with Crippen LogP contribution in [0.4, 0.5) is 19.4 Å². The number of carbonyl (C=O) groups is 2. The zero-order chi connectivity index (χ0) is 21.8. The lowest BCUT2D eigenvalue weighted by atomic mass is 10.1. The predicted molar refractivity (Wildman–Crippen MR) is 106 cm³/mol. The lowest BCUT2D eigenvalue weighted by Crippen LogP contribution is -2.56. The number of aromatic nitrogens is 1. The molecule has 4 aliphatic rings. The van der Waals surface area contributed by atoms with Crippen molar-refractivity contribution in [2.75, 3.05) is 25.5 Å². The van der Waals surface area contributed by atoms with Crippen LogP contribution < -0.4 is 20.7 Å². The van der Waals surface area contributed by atoms with Crippen LogP contribution in [0.25, 0.3) is 0 Å². The summed E-state index contributed by atoms with van der Waals surface area (Å²) in [6.07, 6.45) is 5.36. The van der Waals surface area contributed by atoms with Crippen molar-refractivity contribution in [1.29, 1.82) is 0 Å². The molecule has 3 aliphatic heterocycles. The summed E-state index contributed by atoms with van der Waals surface area (Å²) in [5.74, 6) is -2.01. The fourth-order valence-corrected chi connectivity index (χ4v) is 4.17. The van der Waals surface area contributed by atoms with E-state index in [9.17, 15) is 18.4 Å². The molecule has 0 radical (unpaired) electrons. The summed E-state index contributed by atoms with van der Waals surface area (Å²) in [6.45, 7) is 1.46. The van der Waals surface area contributed by atoms with Crippen LogP contribution in [0.15, 0.2) is 42.0 Å². The number of nitrogens with one attached hydrogen (secondary N) is 3. The van der Waals surface area contributed by atoms with Crippen molar-refractivity contribution >= 4 is 17.8 Å². The van der Waals surface area contributed by atoms with Crippen molar-refractivity contribution < 1.29 is 23.1 Å². The SMILES string of the molecule is COc1ccnc(NC(=O)N2C3=C(C=CC(C(=O)NC4CC4(F)F)N3)N3CC[C@H]2C3)c1. The first-order valence-electron chi connectivity index (χ1n) is 10.1. The van der Waals surface area contributed by atoms with Crippen LogP contribution >= 0.6 is 0 Å². The number of allylic oxidation sites excluding steroid dienone is 1. The van der Waals surface area contributed by atoms with Crippen LogP contribution in [-0.2, 0) is 4.79 Å². The van der Waals surface area contributed by atoms with Gasteiger partial charge in [-0.1, -0.05) is 6.08 Å². The number of ether oxygens (including phenoxy) is 1. The van der Waals surface area contributed by atoms with Gasteiger partial charge in [0.15, 0.2) is 0 Å². The quantitative estimate of drug-likeness (QED) is 0.662. The molecule has 2 bridgehead atoms. The second-order valence-electron chi connectivity index (χ2n) is 8.01. The number of amides is 3. The fourth-order valence-electron chi connectivity index (χ4n) is 4.17. The Kier molecular flexibility index (Phi) is 4.49. The van der Waals surface area contributed by atoms with E-state index in [-0.39, 0.29) is 12.5 Å². The molecule has 5 rings (SSSR count). The minimum Gasteiger partial charge on any atom is -0.497 e. The lowest BCUT2D eigenvalue weighted by molar-refractivity contribution is -0.122. The predicted octanol–water partition coefficient (Wildman–Crippen LogP) is 1.23. The number of fused-ring (bicyclic) bond motifs is 3. The molecule has 11 heteroatoms. The van der Waals surface area contributed by atoms with Gasteiger partial charge in [0, 0.05) is 31.8 Å². The van der Waals surface area contributed by atoms with Crippen molar-refractivity contribution in [3.8, 4) is 5.75 Å². The van der Waals surface area contributed by atoms with Gasteiger partial charge >= 0.3 is 6.03 Å². The molecule has 0 aromatic carbocycles. The smallest absolute Gasteiger partial charge is 0.328 e. The molecule has 3 N–H and O–H groups in total. The Bertz CT molecular complexity index is 997.